The normalized spacial score (nSPS) is 15.5. The summed E-state index contributed by atoms with van der Waals surface area (Å²) in [6.45, 7) is 5.91. The second kappa shape index (κ2) is 4.63. The van der Waals surface area contributed by atoms with E-state index >= 15 is 0 Å². The lowest BCUT2D eigenvalue weighted by Gasteiger charge is -2.29. The van der Waals surface area contributed by atoms with E-state index in [9.17, 15) is 9.90 Å². The monoisotopic (exact) mass is 321 g/mol. The second-order valence-electron chi connectivity index (χ2n) is 6.98. The molecule has 0 saturated heterocycles. The van der Waals surface area contributed by atoms with Crippen LogP contribution in [0.3, 0.4) is 0 Å². The summed E-state index contributed by atoms with van der Waals surface area (Å²) in [4.78, 5) is 12.9. The zero-order valence-corrected chi connectivity index (χ0v) is 14.2. The smallest absolute Gasteiger partial charge is 0.200 e. The molecule has 2 heterocycles. The molecule has 0 bridgehead atoms. The highest BCUT2D eigenvalue weighted by molar-refractivity contribution is 6.02. The number of hydrogen-bond donors (Lipinski definition) is 1. The first-order chi connectivity index (χ1) is 11.3. The number of ether oxygens (including phenoxy) is 1. The summed E-state index contributed by atoms with van der Waals surface area (Å²) in [5.41, 5.74) is 2.85. The molecule has 0 aliphatic carbocycles. The van der Waals surface area contributed by atoms with Gasteiger partial charge in [-0.25, -0.2) is 0 Å². The Hall–Kier alpha value is -2.75. The second-order valence-corrected chi connectivity index (χ2v) is 6.98. The van der Waals surface area contributed by atoms with Crippen molar-refractivity contribution in [3.63, 3.8) is 0 Å². The molecule has 0 unspecified atom stereocenters. The zero-order chi connectivity index (χ0) is 17.2. The number of fused-ring (bicyclic) bond motifs is 4. The lowest BCUT2D eigenvalue weighted by atomic mass is 9.98. The van der Waals surface area contributed by atoms with Gasteiger partial charge in [-0.1, -0.05) is 6.07 Å². The number of benzene rings is 2. The van der Waals surface area contributed by atoms with Gasteiger partial charge in [-0.3, -0.25) is 4.79 Å². The first-order valence-electron chi connectivity index (χ1n) is 7.96. The lowest BCUT2D eigenvalue weighted by molar-refractivity contribution is 0.159. The molecule has 4 nitrogen and oxygen atoms in total. The highest BCUT2D eigenvalue weighted by Gasteiger charge is 2.26. The molecule has 4 rings (SSSR count). The van der Waals surface area contributed by atoms with E-state index in [0.717, 1.165) is 16.6 Å². The average molecular weight is 321 g/mol. The van der Waals surface area contributed by atoms with Gasteiger partial charge in [0.2, 0.25) is 5.43 Å². The van der Waals surface area contributed by atoms with Crippen molar-refractivity contribution in [1.29, 1.82) is 0 Å². The van der Waals surface area contributed by atoms with Gasteiger partial charge >= 0.3 is 0 Å². The van der Waals surface area contributed by atoms with Gasteiger partial charge in [0.15, 0.2) is 0 Å². The SMILES string of the molecule is Cc1ccc2c(=O)c3c(O)cc4c(c3n(C)c2c1)C=CC(C)(C)O4. The van der Waals surface area contributed by atoms with Crippen LogP contribution in [0.15, 0.2) is 35.1 Å². The number of hydrogen-bond acceptors (Lipinski definition) is 3. The highest BCUT2D eigenvalue weighted by Crippen LogP contribution is 2.40. The molecule has 0 fully saturated rings. The minimum atomic E-state index is -0.445. The minimum absolute atomic E-state index is 0.0436. The van der Waals surface area contributed by atoms with Gasteiger partial charge in [0, 0.05) is 24.1 Å². The Morgan fingerprint density at radius 1 is 1.21 bits per heavy atom. The fourth-order valence-electron chi connectivity index (χ4n) is 3.43. The van der Waals surface area contributed by atoms with Crippen LogP contribution < -0.4 is 10.2 Å². The molecule has 24 heavy (non-hydrogen) atoms. The third-order valence-corrected chi connectivity index (χ3v) is 4.63. The van der Waals surface area contributed by atoms with E-state index in [0.29, 0.717) is 22.0 Å². The van der Waals surface area contributed by atoms with Crippen molar-refractivity contribution >= 4 is 27.9 Å². The number of aromatic nitrogens is 1. The van der Waals surface area contributed by atoms with Crippen LogP contribution in [0.2, 0.25) is 0 Å². The maximum absolute atomic E-state index is 12.9. The van der Waals surface area contributed by atoms with Gasteiger partial charge in [-0.05, 0) is 50.6 Å². The summed E-state index contributed by atoms with van der Waals surface area (Å²) < 4.78 is 7.94. The maximum atomic E-state index is 12.9. The Morgan fingerprint density at radius 3 is 2.71 bits per heavy atom. The Labute approximate surface area is 139 Å². The van der Waals surface area contributed by atoms with Gasteiger partial charge < -0.3 is 14.4 Å². The summed E-state index contributed by atoms with van der Waals surface area (Å²) in [7, 11) is 1.91. The molecule has 0 radical (unpaired) electrons. The van der Waals surface area contributed by atoms with Crippen LogP contribution in [0, 0.1) is 6.92 Å². The number of phenolic OH excluding ortho intramolecular Hbond substituents is 1. The fourth-order valence-corrected chi connectivity index (χ4v) is 3.43. The lowest BCUT2D eigenvalue weighted by Crippen LogP contribution is -2.28. The summed E-state index contributed by atoms with van der Waals surface area (Å²) in [5, 5.41) is 11.4. The summed E-state index contributed by atoms with van der Waals surface area (Å²) in [5.74, 6) is 0.549. The highest BCUT2D eigenvalue weighted by atomic mass is 16.5. The van der Waals surface area contributed by atoms with Crippen molar-refractivity contribution in [3.8, 4) is 11.5 Å². The van der Waals surface area contributed by atoms with Crippen molar-refractivity contribution in [1.82, 2.24) is 4.57 Å². The van der Waals surface area contributed by atoms with Gasteiger partial charge in [-0.2, -0.15) is 0 Å². The van der Waals surface area contributed by atoms with Gasteiger partial charge in [0.25, 0.3) is 0 Å². The van der Waals surface area contributed by atoms with Crippen molar-refractivity contribution in [3.05, 3.63) is 51.7 Å². The summed E-state index contributed by atoms with van der Waals surface area (Å²) in [6, 6.07) is 7.27. The topological polar surface area (TPSA) is 51.5 Å². The predicted octanol–water partition coefficient (Wildman–Crippen LogP) is 3.89. The van der Waals surface area contributed by atoms with Crippen LogP contribution in [0.5, 0.6) is 11.5 Å². The largest absolute Gasteiger partial charge is 0.507 e. The van der Waals surface area contributed by atoms with Crippen LogP contribution in [0.1, 0.15) is 25.0 Å². The fraction of sp³-hybridized carbons (Fsp3) is 0.250. The molecule has 4 heteroatoms. The van der Waals surface area contributed by atoms with Gasteiger partial charge in [-0.15, -0.1) is 0 Å². The molecule has 1 aromatic heterocycles. The first-order valence-corrected chi connectivity index (χ1v) is 7.96. The van der Waals surface area contributed by atoms with Crippen molar-refractivity contribution in [2.24, 2.45) is 7.05 Å². The predicted molar refractivity (Wildman–Crippen MR) is 96.8 cm³/mol. The standard InChI is InChI=1S/C20H19NO3/c1-11-5-6-12-14(9-11)21(4)18-13-7-8-20(2,3)24-16(13)10-15(22)17(18)19(12)23/h5-10,22H,1-4H3. The van der Waals surface area contributed by atoms with Crippen molar-refractivity contribution in [2.45, 2.75) is 26.4 Å². The molecule has 0 atom stereocenters. The van der Waals surface area contributed by atoms with E-state index in [4.69, 9.17) is 4.74 Å². The summed E-state index contributed by atoms with van der Waals surface area (Å²) >= 11 is 0. The quantitative estimate of drug-likeness (QED) is 0.639. The number of aromatic hydroxyl groups is 1. The van der Waals surface area contributed by atoms with E-state index in [1.807, 2.05) is 62.7 Å². The Kier molecular flexibility index (Phi) is 2.86. The number of nitrogens with zero attached hydrogens (tertiary/aromatic N) is 1. The van der Waals surface area contributed by atoms with Crippen molar-refractivity contribution < 1.29 is 9.84 Å². The third kappa shape index (κ3) is 1.96. The van der Waals surface area contributed by atoms with Crippen LogP contribution in [-0.2, 0) is 7.05 Å². The number of aryl methyl sites for hydroxylation is 2. The van der Waals surface area contributed by atoms with E-state index in [2.05, 4.69) is 0 Å². The molecule has 0 amide bonds. The Bertz CT molecular complexity index is 1100. The molecular formula is C20H19NO3. The van der Waals surface area contributed by atoms with Crippen LogP contribution in [0.25, 0.3) is 27.9 Å². The molecule has 0 saturated carbocycles. The maximum Gasteiger partial charge on any atom is 0.200 e. The number of phenols is 1. The van der Waals surface area contributed by atoms with E-state index in [1.54, 1.807) is 6.07 Å². The van der Waals surface area contributed by atoms with E-state index < -0.39 is 5.60 Å². The van der Waals surface area contributed by atoms with E-state index in [-0.39, 0.29) is 11.2 Å². The molecule has 3 aromatic rings. The minimum Gasteiger partial charge on any atom is -0.507 e. The Morgan fingerprint density at radius 2 is 1.96 bits per heavy atom. The molecular weight excluding hydrogens is 302 g/mol. The zero-order valence-electron chi connectivity index (χ0n) is 14.2. The molecule has 0 spiro atoms. The van der Waals surface area contributed by atoms with Gasteiger partial charge in [0.05, 0.1) is 16.4 Å². The molecule has 122 valence electrons. The Balaban J connectivity index is 2.25. The van der Waals surface area contributed by atoms with Crippen LogP contribution >= 0.6 is 0 Å². The molecule has 1 N–H and O–H groups in total. The van der Waals surface area contributed by atoms with E-state index in [1.165, 1.54) is 0 Å². The average Bonchev–Trinajstić information content (AvgIpc) is 2.50. The van der Waals surface area contributed by atoms with Crippen LogP contribution in [0.4, 0.5) is 0 Å². The van der Waals surface area contributed by atoms with Gasteiger partial charge in [0.1, 0.15) is 17.1 Å². The van der Waals surface area contributed by atoms with Crippen molar-refractivity contribution in [2.75, 3.05) is 0 Å². The summed E-state index contributed by atoms with van der Waals surface area (Å²) in [6.07, 6.45) is 3.94. The molecule has 1 aliphatic rings. The third-order valence-electron chi connectivity index (χ3n) is 4.63. The molecule has 1 aliphatic heterocycles. The van der Waals surface area contributed by atoms with Crippen LogP contribution in [-0.4, -0.2) is 15.3 Å². The number of rotatable bonds is 0. The first kappa shape index (κ1) is 14.8. The molecule has 2 aromatic carbocycles. The number of pyridine rings is 1.